The number of hydrogen-bond acceptors (Lipinski definition) is 5. The highest BCUT2D eigenvalue weighted by Gasteiger charge is 2.34. The van der Waals surface area contributed by atoms with Gasteiger partial charge in [-0.1, -0.05) is 20.8 Å². The minimum absolute atomic E-state index is 0.0142. The zero-order valence-corrected chi connectivity index (χ0v) is 15.3. The maximum absolute atomic E-state index is 12.3. The average molecular weight is 350 g/mol. The molecule has 24 heavy (non-hydrogen) atoms. The Morgan fingerprint density at radius 3 is 2.58 bits per heavy atom. The van der Waals surface area contributed by atoms with Crippen molar-refractivity contribution in [2.75, 3.05) is 5.32 Å². The lowest BCUT2D eigenvalue weighted by molar-refractivity contribution is -0.123. The highest BCUT2D eigenvalue weighted by atomic mass is 32.1. The molecule has 0 saturated carbocycles. The number of amides is 2. The van der Waals surface area contributed by atoms with E-state index in [4.69, 9.17) is 0 Å². The molecular formula is C17H26N4O2S. The van der Waals surface area contributed by atoms with Gasteiger partial charge in [0.05, 0.1) is 12.1 Å². The Kier molecular flexibility index (Phi) is 4.92. The topological polar surface area (TPSA) is 83.1 Å². The van der Waals surface area contributed by atoms with Gasteiger partial charge in [-0.3, -0.25) is 9.59 Å². The zero-order valence-electron chi connectivity index (χ0n) is 14.5. The predicted octanol–water partition coefficient (Wildman–Crippen LogP) is 2.07. The number of thiazole rings is 1. The molecule has 2 aliphatic rings. The van der Waals surface area contributed by atoms with Gasteiger partial charge in [0.15, 0.2) is 5.13 Å². The molecular weight excluding hydrogens is 324 g/mol. The Bertz CT molecular complexity index is 610. The molecule has 2 unspecified atom stereocenters. The van der Waals surface area contributed by atoms with Gasteiger partial charge in [0, 0.05) is 28.9 Å². The molecule has 1 aromatic heterocycles. The molecule has 0 aliphatic carbocycles. The van der Waals surface area contributed by atoms with E-state index in [1.54, 1.807) is 0 Å². The second kappa shape index (κ2) is 6.80. The van der Waals surface area contributed by atoms with E-state index >= 15 is 0 Å². The van der Waals surface area contributed by atoms with E-state index in [1.165, 1.54) is 24.2 Å². The van der Waals surface area contributed by atoms with E-state index in [0.717, 1.165) is 12.8 Å². The number of piperidine rings is 1. The van der Waals surface area contributed by atoms with E-state index < -0.39 is 5.41 Å². The fourth-order valence-electron chi connectivity index (χ4n) is 3.35. The van der Waals surface area contributed by atoms with Crippen LogP contribution < -0.4 is 16.0 Å². The van der Waals surface area contributed by atoms with Gasteiger partial charge in [-0.2, -0.15) is 0 Å². The van der Waals surface area contributed by atoms with Gasteiger partial charge < -0.3 is 16.0 Å². The maximum Gasteiger partial charge on any atom is 0.231 e. The number of carbonyl (C=O) groups excluding carboxylic acids is 2. The molecule has 0 spiro atoms. The minimum Gasteiger partial charge on any atom is -0.353 e. The molecule has 0 radical (unpaired) electrons. The molecule has 0 aromatic carbocycles. The number of hydrogen-bond donors (Lipinski definition) is 3. The predicted molar refractivity (Wildman–Crippen MR) is 95.0 cm³/mol. The summed E-state index contributed by atoms with van der Waals surface area (Å²) >= 11 is 1.36. The lowest BCUT2D eigenvalue weighted by Gasteiger charge is -2.29. The van der Waals surface area contributed by atoms with E-state index in [1.807, 2.05) is 26.2 Å². The largest absolute Gasteiger partial charge is 0.353 e. The monoisotopic (exact) mass is 350 g/mol. The van der Waals surface area contributed by atoms with Crippen molar-refractivity contribution >= 4 is 28.3 Å². The summed E-state index contributed by atoms with van der Waals surface area (Å²) in [6.45, 7) is 5.57. The standard InChI is InChI=1S/C17H26N4O2S/c1-17(2,3)15(23)21-16-20-13(9-24-16)8-14(22)19-12-6-10-4-5-11(7-12)18-10/h9-12,18H,4-8H2,1-3H3,(H,19,22)(H,20,21,23). The molecule has 6 nitrogen and oxygen atoms in total. The molecule has 132 valence electrons. The fraction of sp³-hybridized carbons (Fsp3) is 0.706. The Hall–Kier alpha value is -1.47. The van der Waals surface area contributed by atoms with Gasteiger partial charge in [-0.15, -0.1) is 11.3 Å². The van der Waals surface area contributed by atoms with Crippen molar-refractivity contribution in [3.05, 3.63) is 11.1 Å². The number of nitrogens with one attached hydrogen (secondary N) is 3. The quantitative estimate of drug-likeness (QED) is 0.776. The van der Waals surface area contributed by atoms with Crippen LogP contribution in [0.25, 0.3) is 0 Å². The maximum atomic E-state index is 12.3. The lowest BCUT2D eigenvalue weighted by Crippen LogP contribution is -2.48. The van der Waals surface area contributed by atoms with E-state index in [2.05, 4.69) is 20.9 Å². The van der Waals surface area contributed by atoms with Crippen LogP contribution in [0.4, 0.5) is 5.13 Å². The second-order valence-corrected chi connectivity index (χ2v) is 8.76. The summed E-state index contributed by atoms with van der Waals surface area (Å²) in [5.74, 6) is -0.0571. The molecule has 1 aromatic rings. The van der Waals surface area contributed by atoms with Crippen LogP contribution in [0.15, 0.2) is 5.38 Å². The molecule has 3 rings (SSSR count). The number of fused-ring (bicyclic) bond motifs is 2. The van der Waals surface area contributed by atoms with Crippen LogP contribution in [0.1, 0.15) is 52.1 Å². The van der Waals surface area contributed by atoms with E-state index in [9.17, 15) is 9.59 Å². The number of nitrogens with zero attached hydrogens (tertiary/aromatic N) is 1. The third kappa shape index (κ3) is 4.33. The normalized spacial score (nSPS) is 26.2. The van der Waals surface area contributed by atoms with Crippen LogP contribution >= 0.6 is 11.3 Å². The molecule has 3 heterocycles. The smallest absolute Gasteiger partial charge is 0.231 e. The third-order valence-electron chi connectivity index (χ3n) is 4.63. The van der Waals surface area contributed by atoms with Crippen molar-refractivity contribution in [1.29, 1.82) is 0 Å². The first kappa shape index (κ1) is 17.4. The lowest BCUT2D eigenvalue weighted by atomic mass is 9.96. The van der Waals surface area contributed by atoms with Crippen molar-refractivity contribution < 1.29 is 9.59 Å². The van der Waals surface area contributed by atoms with E-state index in [-0.39, 0.29) is 24.3 Å². The molecule has 2 amide bonds. The Morgan fingerprint density at radius 1 is 1.29 bits per heavy atom. The minimum atomic E-state index is -0.461. The van der Waals surface area contributed by atoms with Gasteiger partial charge >= 0.3 is 0 Å². The number of aromatic nitrogens is 1. The zero-order chi connectivity index (χ0) is 17.3. The van der Waals surface area contributed by atoms with Crippen LogP contribution in [-0.2, 0) is 16.0 Å². The highest BCUT2D eigenvalue weighted by molar-refractivity contribution is 7.13. The highest BCUT2D eigenvalue weighted by Crippen LogP contribution is 2.27. The SMILES string of the molecule is CC(C)(C)C(=O)Nc1nc(CC(=O)NC2CC3CCC(C2)N3)cs1. The van der Waals surface area contributed by atoms with Crippen molar-refractivity contribution in [2.45, 2.75) is 71.0 Å². The number of anilines is 1. The molecule has 2 saturated heterocycles. The van der Waals surface area contributed by atoms with Crippen LogP contribution in [0.5, 0.6) is 0 Å². The summed E-state index contributed by atoms with van der Waals surface area (Å²) in [6.07, 6.45) is 4.75. The fourth-order valence-corrected chi connectivity index (χ4v) is 4.05. The van der Waals surface area contributed by atoms with Gasteiger partial charge in [0.2, 0.25) is 11.8 Å². The average Bonchev–Trinajstić information content (AvgIpc) is 3.04. The summed E-state index contributed by atoms with van der Waals surface area (Å²) in [6, 6.07) is 1.40. The van der Waals surface area contributed by atoms with Gasteiger partial charge in [-0.25, -0.2) is 4.98 Å². The van der Waals surface area contributed by atoms with Gasteiger partial charge in [0.25, 0.3) is 0 Å². The van der Waals surface area contributed by atoms with Gasteiger partial charge in [0.1, 0.15) is 0 Å². The second-order valence-electron chi connectivity index (χ2n) is 7.90. The molecule has 7 heteroatoms. The summed E-state index contributed by atoms with van der Waals surface area (Å²) in [5, 5.41) is 11.9. The number of carbonyl (C=O) groups is 2. The van der Waals surface area contributed by atoms with Crippen LogP contribution in [0.3, 0.4) is 0 Å². The molecule has 3 N–H and O–H groups in total. The first-order chi connectivity index (χ1) is 11.3. The first-order valence-corrected chi connectivity index (χ1v) is 9.49. The van der Waals surface area contributed by atoms with Crippen molar-refractivity contribution in [3.63, 3.8) is 0 Å². The Balaban J connectivity index is 1.49. The first-order valence-electron chi connectivity index (χ1n) is 8.61. The molecule has 2 aliphatic heterocycles. The van der Waals surface area contributed by atoms with Crippen LogP contribution in [-0.4, -0.2) is 34.9 Å². The summed E-state index contributed by atoms with van der Waals surface area (Å²) in [5.41, 5.74) is 0.246. The molecule has 2 bridgehead atoms. The van der Waals surface area contributed by atoms with Crippen LogP contribution in [0.2, 0.25) is 0 Å². The van der Waals surface area contributed by atoms with Gasteiger partial charge in [-0.05, 0) is 25.7 Å². The summed E-state index contributed by atoms with van der Waals surface area (Å²) in [7, 11) is 0. The third-order valence-corrected chi connectivity index (χ3v) is 5.44. The van der Waals surface area contributed by atoms with E-state index in [0.29, 0.717) is 22.9 Å². The molecule has 2 atom stereocenters. The number of rotatable bonds is 4. The van der Waals surface area contributed by atoms with Crippen LogP contribution in [0, 0.1) is 5.41 Å². The Morgan fingerprint density at radius 2 is 1.96 bits per heavy atom. The Labute approximate surface area is 146 Å². The van der Waals surface area contributed by atoms with Crippen molar-refractivity contribution in [3.8, 4) is 0 Å². The van der Waals surface area contributed by atoms with Crippen molar-refractivity contribution in [1.82, 2.24) is 15.6 Å². The summed E-state index contributed by atoms with van der Waals surface area (Å²) < 4.78 is 0. The molecule has 2 fully saturated rings. The summed E-state index contributed by atoms with van der Waals surface area (Å²) in [4.78, 5) is 28.6. The van der Waals surface area contributed by atoms with Crippen molar-refractivity contribution in [2.24, 2.45) is 5.41 Å².